The summed E-state index contributed by atoms with van der Waals surface area (Å²) in [7, 11) is 7.89. The summed E-state index contributed by atoms with van der Waals surface area (Å²) in [6.07, 6.45) is 8.10. The number of aromatic nitrogens is 4. The van der Waals surface area contributed by atoms with Gasteiger partial charge in [0.2, 0.25) is 22.8 Å². The lowest BCUT2D eigenvalue weighted by atomic mass is 9.93. The van der Waals surface area contributed by atoms with E-state index < -0.39 is 72.5 Å². The van der Waals surface area contributed by atoms with E-state index in [9.17, 15) is 21.0 Å². The van der Waals surface area contributed by atoms with E-state index in [1.54, 1.807) is 48.5 Å². The predicted molar refractivity (Wildman–Crippen MR) is 513 cm³/mol. The second-order valence-electron chi connectivity index (χ2n) is 32.8. The largest absolute Gasteiger partial charge is 0.454 e. The predicted octanol–water partition coefficient (Wildman–Crippen LogP) is 27.3. The van der Waals surface area contributed by atoms with Gasteiger partial charge in [0.05, 0.1) is 96.2 Å². The van der Waals surface area contributed by atoms with Gasteiger partial charge in [-0.25, -0.2) is 18.3 Å². The van der Waals surface area contributed by atoms with Crippen molar-refractivity contribution in [2.24, 2.45) is 28.2 Å². The molecule has 20 rings (SSSR count). The van der Waals surface area contributed by atoms with Crippen molar-refractivity contribution in [1.29, 1.82) is 21.0 Å². The van der Waals surface area contributed by atoms with Crippen LogP contribution < -0.4 is 18.3 Å². The lowest BCUT2D eigenvalue weighted by Crippen LogP contribution is -2.31. The molecule has 8 aromatic heterocycles. The second kappa shape index (κ2) is 33.9. The highest BCUT2D eigenvalue weighted by atomic mass is 16.3. The molecule has 0 saturated carbocycles. The number of nitriles is 4. The standard InChI is InChI=1S/C30H27N2O.C29H25N2O.2C28H23N2O/c1-18(2)22-13-14-32(5)25(16-22)26-19(3)15-20(4)27-28-23(17-31)11-12-24(29(28)33-30(26)27)21-9-7-6-8-10-21;1-17-14-24(31(5)16-20(17)4)25-18(2)13-19(3)26-27-22(15-30)11-12-23(28(27)32-29(25)26)21-9-7-6-8-10-21;1-17-10-13-23(30(4)16-17)24-18(2)14-19(3)25-26-21(15-29)11-12-22(27(26)31-28(24)25)20-8-6-5-7-9-20;1-17-12-13-30(4)23(14-17)24-18(2)15-19(3)25-26-21(16-29)10-11-22(27(26)31-28(24)25)20-8-6-5-7-9-20/h6-16,18H,1-5H3;6-14,16H,1-5H3;5-14,16H,1-4H3;5-15H,1-4H3/q4*+1/i2*6D,7D,8D,9D,10D;2*5D,6D,7D,8D,9D. The van der Waals surface area contributed by atoms with Crippen LogP contribution in [0.5, 0.6) is 0 Å². The van der Waals surface area contributed by atoms with Crippen LogP contribution in [0, 0.1) is 128 Å². The van der Waals surface area contributed by atoms with Gasteiger partial charge in [0.1, 0.15) is 72.9 Å². The van der Waals surface area contributed by atoms with Crippen LogP contribution in [0.1, 0.15) is 142 Å². The number of benzene rings is 12. The van der Waals surface area contributed by atoms with Crippen molar-refractivity contribution < 1.29 is 63.4 Å². The van der Waals surface area contributed by atoms with Gasteiger partial charge in [0, 0.05) is 113 Å². The number of hydrogen-bond acceptors (Lipinski definition) is 8. The summed E-state index contributed by atoms with van der Waals surface area (Å²) in [6.45, 7) is 28.4. The van der Waals surface area contributed by atoms with E-state index in [4.69, 9.17) is 45.1 Å². The zero-order valence-corrected chi connectivity index (χ0v) is 73.6. The van der Waals surface area contributed by atoms with Gasteiger partial charge in [-0.2, -0.15) is 21.0 Å². The molecule has 618 valence electrons. The molecule has 0 amide bonds. The van der Waals surface area contributed by atoms with Gasteiger partial charge in [0.25, 0.3) is 0 Å². The lowest BCUT2D eigenvalue weighted by Gasteiger charge is -2.10. The smallest absolute Gasteiger partial charge is 0.216 e. The van der Waals surface area contributed by atoms with Gasteiger partial charge in [-0.15, -0.1) is 0 Å². The minimum Gasteiger partial charge on any atom is -0.454 e. The van der Waals surface area contributed by atoms with Crippen molar-refractivity contribution in [2.75, 3.05) is 0 Å². The number of fused-ring (bicyclic) bond motifs is 12. The highest BCUT2D eigenvalue weighted by Crippen LogP contribution is 2.50. The molecule has 0 fully saturated rings. The van der Waals surface area contributed by atoms with Gasteiger partial charge in [-0.1, -0.05) is 159 Å². The Labute approximate surface area is 768 Å². The van der Waals surface area contributed by atoms with Gasteiger partial charge in [-0.05, 0) is 227 Å². The van der Waals surface area contributed by atoms with E-state index in [2.05, 4.69) is 107 Å². The summed E-state index contributed by atoms with van der Waals surface area (Å²) in [6, 6.07) is 37.0. The molecule has 0 radical (unpaired) electrons. The molecule has 12 aromatic carbocycles. The second-order valence-corrected chi connectivity index (χ2v) is 32.8. The Bertz CT molecular complexity index is 9310. The van der Waals surface area contributed by atoms with Crippen LogP contribution in [-0.4, -0.2) is 0 Å². The van der Waals surface area contributed by atoms with Crippen LogP contribution in [0.3, 0.4) is 0 Å². The molecule has 12 heteroatoms. The van der Waals surface area contributed by atoms with Crippen molar-refractivity contribution in [1.82, 2.24) is 0 Å². The Morgan fingerprint density at radius 3 is 0.882 bits per heavy atom. The van der Waals surface area contributed by atoms with Crippen molar-refractivity contribution in [3.8, 4) is 114 Å². The molecule has 0 atom stereocenters. The number of aryl methyl sites for hydroxylation is 16. The van der Waals surface area contributed by atoms with Crippen molar-refractivity contribution in [2.45, 2.75) is 103 Å². The van der Waals surface area contributed by atoms with Crippen LogP contribution in [0.15, 0.2) is 279 Å². The monoisotopic (exact) mass is 1670 g/mol. The van der Waals surface area contributed by atoms with Gasteiger partial charge < -0.3 is 17.7 Å². The highest BCUT2D eigenvalue weighted by molar-refractivity contribution is 6.21. The van der Waals surface area contributed by atoms with E-state index in [1.165, 1.54) is 5.56 Å². The van der Waals surface area contributed by atoms with Crippen LogP contribution in [0.2, 0.25) is 0 Å². The molecule has 0 bridgehead atoms. The van der Waals surface area contributed by atoms with Crippen molar-refractivity contribution >= 4 is 87.8 Å². The Morgan fingerprint density at radius 2 is 0.567 bits per heavy atom. The van der Waals surface area contributed by atoms with Crippen LogP contribution in [-0.2, 0) is 28.2 Å². The third-order valence-electron chi connectivity index (χ3n) is 23.9. The average Bonchev–Trinajstić information content (AvgIpc) is 1.58. The third kappa shape index (κ3) is 14.9. The Morgan fingerprint density at radius 1 is 0.268 bits per heavy atom. The number of pyridine rings is 4. The molecule has 0 N–H and O–H groups in total. The van der Waals surface area contributed by atoms with Crippen molar-refractivity contribution in [3.63, 3.8) is 0 Å². The lowest BCUT2D eigenvalue weighted by molar-refractivity contribution is -0.660. The fourth-order valence-corrected chi connectivity index (χ4v) is 17.8. The van der Waals surface area contributed by atoms with Crippen LogP contribution in [0.25, 0.3) is 177 Å². The molecule has 8 heterocycles. The number of rotatable bonds is 9. The quantitative estimate of drug-likeness (QED) is 0.129. The molecular formula is C115H98N8O4+4. The molecule has 0 unspecified atom stereocenters. The molecule has 0 aliphatic heterocycles. The first kappa shape index (κ1) is 62.5. The van der Waals surface area contributed by atoms with Crippen molar-refractivity contribution in [3.05, 3.63) is 355 Å². The Balaban J connectivity index is 0.000000134. The number of nitrogens with zero attached hydrogens (tertiary/aromatic N) is 8. The number of hydrogen-bond donors (Lipinski definition) is 0. The molecular weight excluding hydrogens is 1560 g/mol. The van der Waals surface area contributed by atoms with Gasteiger partial charge >= 0.3 is 0 Å². The van der Waals surface area contributed by atoms with Crippen LogP contribution in [0.4, 0.5) is 0 Å². The summed E-state index contributed by atoms with van der Waals surface area (Å²) < 4.78 is 200. The van der Waals surface area contributed by atoms with Crippen LogP contribution >= 0.6 is 0 Å². The maximum absolute atomic E-state index is 10.0. The average molecular weight is 1680 g/mol. The first-order valence-corrected chi connectivity index (χ1v) is 41.4. The molecule has 20 aromatic rings. The van der Waals surface area contributed by atoms with E-state index in [0.717, 1.165) is 133 Å². The first-order valence-electron chi connectivity index (χ1n) is 51.4. The minimum absolute atomic E-state index is 0.0476. The molecule has 12 nitrogen and oxygen atoms in total. The van der Waals surface area contributed by atoms with E-state index in [0.29, 0.717) is 117 Å². The van der Waals surface area contributed by atoms with E-state index >= 15 is 0 Å². The topological polar surface area (TPSA) is 163 Å². The fourth-order valence-electron chi connectivity index (χ4n) is 17.8. The Kier molecular flexibility index (Phi) is 16.7. The summed E-state index contributed by atoms with van der Waals surface area (Å²) in [5, 5.41) is 45.4. The first-order chi connectivity index (χ1) is 69.6. The molecule has 0 spiro atoms. The maximum Gasteiger partial charge on any atom is 0.216 e. The summed E-state index contributed by atoms with van der Waals surface area (Å²) in [5.41, 5.74) is 27.6. The molecule has 0 aliphatic rings. The van der Waals surface area contributed by atoms with E-state index in [-0.39, 0.29) is 70.6 Å². The summed E-state index contributed by atoms with van der Waals surface area (Å²) in [5.74, 6) is 0.327. The minimum atomic E-state index is -0.455. The van der Waals surface area contributed by atoms with E-state index in [1.807, 2.05) is 152 Å². The zero-order valence-electron chi connectivity index (χ0n) is 93.6. The third-order valence-corrected chi connectivity index (χ3v) is 23.9. The summed E-state index contributed by atoms with van der Waals surface area (Å²) in [4.78, 5) is 0. The van der Waals surface area contributed by atoms with Gasteiger partial charge in [-0.3, -0.25) is 0 Å². The normalized spacial score (nSPS) is 13.5. The molecule has 0 aliphatic carbocycles. The SMILES string of the molecule is [2H]c1c([2H])c([2H])c(-c2ccc(C#N)c3c2oc2c(-c4cc(C(C)C)cc[n+]4C)c(C)cc(C)c23)c([2H])c1[2H].[2H]c1c([2H])c([2H])c(-c2ccc(C#N)c3c2oc2c(-c4cc(C)c(C)c[n+]4C)c(C)cc(C)c23)c([2H])c1[2H].[2H]c1c([2H])c([2H])c(-c2ccc(C#N)c3c2oc2c(-c4cc(C)cc[n+]4C)c(C)cc(C)c23)c([2H])c1[2H].[2H]c1c([2H])c([2H])c(-c2ccc(C#N)c3c2oc2c(-c4ccc(C)c[n+]4C)c(C)cc(C)c23)c([2H])c1[2H]. The molecule has 127 heavy (non-hydrogen) atoms. The maximum atomic E-state index is 10.0. The molecule has 0 saturated heterocycles. The highest BCUT2D eigenvalue weighted by Gasteiger charge is 2.32. The Hall–Kier alpha value is -15.6. The van der Waals surface area contributed by atoms with Gasteiger partial charge in [0.15, 0.2) is 24.8 Å². The fraction of sp³-hybridized carbons (Fsp3) is 0.165. The zero-order chi connectivity index (χ0) is 107. The summed E-state index contributed by atoms with van der Waals surface area (Å²) >= 11 is 0. The number of furan rings is 4.